The Morgan fingerprint density at radius 1 is 1.50 bits per heavy atom. The quantitative estimate of drug-likeness (QED) is 0.407. The number of nitro benzene ring substituents is 1. The molecule has 0 saturated heterocycles. The van der Waals surface area contributed by atoms with Crippen molar-refractivity contribution in [2.75, 3.05) is 0 Å². The monoisotopic (exact) mass is 181 g/mol. The first kappa shape index (κ1) is 8.80. The summed E-state index contributed by atoms with van der Waals surface area (Å²) in [6.07, 6.45) is 0.465. The highest BCUT2D eigenvalue weighted by molar-refractivity contribution is 7.78. The van der Waals surface area contributed by atoms with E-state index < -0.39 is 4.92 Å². The van der Waals surface area contributed by atoms with Gasteiger partial charge in [0.25, 0.3) is 5.69 Å². The summed E-state index contributed by atoms with van der Waals surface area (Å²) in [7, 11) is 0. The van der Waals surface area contributed by atoms with E-state index in [1.807, 2.05) is 0 Å². The van der Waals surface area contributed by atoms with Gasteiger partial charge in [0.2, 0.25) is 0 Å². The predicted molar refractivity (Wildman–Crippen MR) is 50.5 cm³/mol. The molecule has 0 atom stereocenters. The first-order valence-corrected chi connectivity index (χ1v) is 3.89. The largest absolute Gasteiger partial charge is 0.272 e. The van der Waals surface area contributed by atoms with Gasteiger partial charge in [-0.3, -0.25) is 10.1 Å². The van der Waals surface area contributed by atoms with Crippen LogP contribution >= 0.6 is 12.2 Å². The second-order valence-electron chi connectivity index (χ2n) is 2.26. The van der Waals surface area contributed by atoms with E-state index in [1.165, 1.54) is 11.4 Å². The molecule has 0 aliphatic rings. The fraction of sp³-hybridized carbons (Fsp3) is 0.125. The minimum atomic E-state index is -0.395. The molecule has 0 aromatic heterocycles. The molecule has 0 unspecified atom stereocenters. The van der Waals surface area contributed by atoms with Crippen molar-refractivity contribution in [3.63, 3.8) is 0 Å². The second kappa shape index (κ2) is 3.92. The van der Waals surface area contributed by atoms with Crippen LogP contribution in [0.4, 0.5) is 5.69 Å². The fourth-order valence-corrected chi connectivity index (χ4v) is 1.13. The normalized spacial score (nSPS) is 9.33. The van der Waals surface area contributed by atoms with Gasteiger partial charge in [0.05, 0.1) is 4.92 Å². The van der Waals surface area contributed by atoms with Crippen LogP contribution in [-0.4, -0.2) is 10.3 Å². The van der Waals surface area contributed by atoms with E-state index in [0.29, 0.717) is 12.0 Å². The molecule has 4 heteroatoms. The third kappa shape index (κ3) is 1.85. The van der Waals surface area contributed by atoms with Crippen LogP contribution < -0.4 is 0 Å². The Bertz CT molecular complexity index is 312. The number of rotatable bonds is 3. The van der Waals surface area contributed by atoms with Crippen molar-refractivity contribution in [3.8, 4) is 0 Å². The van der Waals surface area contributed by atoms with Gasteiger partial charge in [-0.1, -0.05) is 30.4 Å². The molecule has 1 aromatic carbocycles. The number of hydrogen-bond acceptors (Lipinski definition) is 3. The zero-order chi connectivity index (χ0) is 8.97. The van der Waals surface area contributed by atoms with Crippen LogP contribution in [0.15, 0.2) is 24.3 Å². The summed E-state index contributed by atoms with van der Waals surface area (Å²) < 4.78 is 0. The van der Waals surface area contributed by atoms with Crippen LogP contribution in [0.2, 0.25) is 0 Å². The molecule has 0 aliphatic heterocycles. The highest BCUT2D eigenvalue weighted by Crippen LogP contribution is 2.17. The van der Waals surface area contributed by atoms with Gasteiger partial charge in [-0.05, 0) is 5.37 Å². The highest BCUT2D eigenvalue weighted by Gasteiger charge is 2.09. The summed E-state index contributed by atoms with van der Waals surface area (Å²) in [5.74, 6) is 0. The Kier molecular flexibility index (Phi) is 2.88. The SMILES string of the molecule is O=[N+]([O-])c1ccccc1CC=S. The maximum atomic E-state index is 10.5. The van der Waals surface area contributed by atoms with Crippen molar-refractivity contribution >= 4 is 23.3 Å². The summed E-state index contributed by atoms with van der Waals surface area (Å²) in [6, 6.07) is 6.60. The van der Waals surface area contributed by atoms with Crippen LogP contribution in [0, 0.1) is 10.1 Å². The maximum absolute atomic E-state index is 10.5. The van der Waals surface area contributed by atoms with E-state index in [1.54, 1.807) is 18.2 Å². The first-order chi connectivity index (χ1) is 5.75. The minimum Gasteiger partial charge on any atom is -0.258 e. The Hall–Kier alpha value is -1.29. The predicted octanol–water partition coefficient (Wildman–Crippen LogP) is 2.14. The van der Waals surface area contributed by atoms with Gasteiger partial charge in [-0.15, -0.1) is 0 Å². The molecule has 0 bridgehead atoms. The van der Waals surface area contributed by atoms with Crippen LogP contribution in [0.25, 0.3) is 0 Å². The number of para-hydroxylation sites is 1. The van der Waals surface area contributed by atoms with E-state index in [-0.39, 0.29) is 5.69 Å². The van der Waals surface area contributed by atoms with Crippen LogP contribution in [0.1, 0.15) is 5.56 Å². The molecule has 0 fully saturated rings. The third-order valence-electron chi connectivity index (χ3n) is 1.49. The van der Waals surface area contributed by atoms with Crippen molar-refractivity contribution < 1.29 is 4.92 Å². The number of nitrogens with zero attached hydrogens (tertiary/aromatic N) is 1. The second-order valence-corrected chi connectivity index (χ2v) is 2.59. The van der Waals surface area contributed by atoms with Gasteiger partial charge in [0.1, 0.15) is 0 Å². The van der Waals surface area contributed by atoms with Gasteiger partial charge < -0.3 is 0 Å². The summed E-state index contributed by atoms with van der Waals surface area (Å²) in [5.41, 5.74) is 0.802. The lowest BCUT2D eigenvalue weighted by Gasteiger charge is -1.96. The molecule has 0 N–H and O–H groups in total. The molecule has 12 heavy (non-hydrogen) atoms. The van der Waals surface area contributed by atoms with E-state index in [9.17, 15) is 10.1 Å². The molecule has 1 rings (SSSR count). The van der Waals surface area contributed by atoms with Crippen molar-refractivity contribution in [2.24, 2.45) is 0 Å². The molecular formula is C8H7NO2S. The van der Waals surface area contributed by atoms with Gasteiger partial charge in [0, 0.05) is 18.1 Å². The highest BCUT2D eigenvalue weighted by atomic mass is 32.1. The number of benzene rings is 1. The minimum absolute atomic E-state index is 0.138. The Morgan fingerprint density at radius 3 is 2.75 bits per heavy atom. The average Bonchev–Trinajstić information content (AvgIpc) is 2.05. The molecule has 1 aromatic rings. The Morgan fingerprint density at radius 2 is 2.17 bits per heavy atom. The number of thiocarbonyl (C=S) groups is 1. The standard InChI is InChI=1S/C8H7NO2S/c10-9(11)8-4-2-1-3-7(8)5-6-12/h1-4,6H,5H2. The third-order valence-corrected chi connectivity index (χ3v) is 1.66. The molecule has 0 aliphatic carbocycles. The molecular weight excluding hydrogens is 174 g/mol. The van der Waals surface area contributed by atoms with Gasteiger partial charge in [-0.2, -0.15) is 0 Å². The van der Waals surface area contributed by atoms with Gasteiger partial charge >= 0.3 is 0 Å². The lowest BCUT2D eigenvalue weighted by atomic mass is 10.1. The molecule has 0 heterocycles. The topological polar surface area (TPSA) is 43.1 Å². The van der Waals surface area contributed by atoms with Crippen molar-refractivity contribution in [1.82, 2.24) is 0 Å². The Labute approximate surface area is 75.2 Å². The van der Waals surface area contributed by atoms with E-state index in [4.69, 9.17) is 0 Å². The van der Waals surface area contributed by atoms with Crippen LogP contribution in [-0.2, 0) is 6.42 Å². The number of hydrogen-bond donors (Lipinski definition) is 0. The molecule has 0 radical (unpaired) electrons. The maximum Gasteiger partial charge on any atom is 0.272 e. The molecule has 62 valence electrons. The average molecular weight is 181 g/mol. The van der Waals surface area contributed by atoms with Crippen molar-refractivity contribution in [2.45, 2.75) is 6.42 Å². The fourth-order valence-electron chi connectivity index (χ4n) is 0.951. The summed E-state index contributed by atoms with van der Waals surface area (Å²) in [6.45, 7) is 0. The summed E-state index contributed by atoms with van der Waals surface area (Å²) in [4.78, 5) is 10.1. The zero-order valence-electron chi connectivity index (χ0n) is 6.27. The van der Waals surface area contributed by atoms with Crippen LogP contribution in [0.5, 0.6) is 0 Å². The van der Waals surface area contributed by atoms with E-state index in [2.05, 4.69) is 12.2 Å². The smallest absolute Gasteiger partial charge is 0.258 e. The van der Waals surface area contributed by atoms with Gasteiger partial charge in [0.15, 0.2) is 0 Å². The lowest BCUT2D eigenvalue weighted by molar-refractivity contribution is -0.385. The van der Waals surface area contributed by atoms with Crippen molar-refractivity contribution in [3.05, 3.63) is 39.9 Å². The molecule has 3 nitrogen and oxygen atoms in total. The molecule has 0 amide bonds. The van der Waals surface area contributed by atoms with Gasteiger partial charge in [-0.25, -0.2) is 0 Å². The van der Waals surface area contributed by atoms with Crippen LogP contribution in [0.3, 0.4) is 0 Å². The van der Waals surface area contributed by atoms with Crippen molar-refractivity contribution in [1.29, 1.82) is 0 Å². The lowest BCUT2D eigenvalue weighted by Crippen LogP contribution is -1.94. The zero-order valence-corrected chi connectivity index (χ0v) is 7.08. The van der Waals surface area contributed by atoms with E-state index >= 15 is 0 Å². The Balaban J connectivity index is 3.07. The van der Waals surface area contributed by atoms with E-state index in [0.717, 1.165) is 0 Å². The molecule has 0 spiro atoms. The molecule has 0 saturated carbocycles. The first-order valence-electron chi connectivity index (χ1n) is 3.41. The number of nitro groups is 1. The summed E-state index contributed by atoms with van der Waals surface area (Å²) in [5, 5.41) is 11.9. The summed E-state index contributed by atoms with van der Waals surface area (Å²) >= 11 is 4.63.